The fourth-order valence-corrected chi connectivity index (χ4v) is 3.02. The van der Waals surface area contributed by atoms with Crippen molar-refractivity contribution in [1.29, 1.82) is 0 Å². The van der Waals surface area contributed by atoms with Crippen LogP contribution in [0, 0.1) is 5.92 Å². The van der Waals surface area contributed by atoms with Crippen LogP contribution in [-0.4, -0.2) is 17.1 Å². The molecule has 0 spiro atoms. The van der Waals surface area contributed by atoms with Crippen molar-refractivity contribution in [2.24, 2.45) is 5.92 Å². The minimum absolute atomic E-state index is 0.352. The lowest BCUT2D eigenvalue weighted by molar-refractivity contribution is 0.0697. The standard InChI is InChI=1S/C17H25NO2/c1-13(15-6-4-2-3-5-7-15)18-12-14-8-10-16(11-9-14)17(19)20/h8-11,13,15,18H,2-7,12H2,1H3,(H,19,20)/t13-/m1/s1. The molecule has 0 amide bonds. The van der Waals surface area contributed by atoms with Crippen molar-refractivity contribution in [2.75, 3.05) is 0 Å². The number of carbonyl (C=O) groups is 1. The second-order valence-electron chi connectivity index (χ2n) is 5.92. The van der Waals surface area contributed by atoms with Crippen LogP contribution in [0.4, 0.5) is 0 Å². The van der Waals surface area contributed by atoms with Gasteiger partial charge in [-0.2, -0.15) is 0 Å². The van der Waals surface area contributed by atoms with Crippen molar-refractivity contribution in [2.45, 2.75) is 58.0 Å². The van der Waals surface area contributed by atoms with Crippen LogP contribution in [0.15, 0.2) is 24.3 Å². The third kappa shape index (κ3) is 4.34. The third-order valence-corrected chi connectivity index (χ3v) is 4.44. The molecule has 1 aromatic rings. The van der Waals surface area contributed by atoms with E-state index in [-0.39, 0.29) is 0 Å². The zero-order valence-corrected chi connectivity index (χ0v) is 12.3. The molecule has 20 heavy (non-hydrogen) atoms. The molecule has 0 bridgehead atoms. The van der Waals surface area contributed by atoms with Crippen LogP contribution in [-0.2, 0) is 6.54 Å². The fraction of sp³-hybridized carbons (Fsp3) is 0.588. The highest BCUT2D eigenvalue weighted by Gasteiger charge is 2.18. The van der Waals surface area contributed by atoms with Crippen molar-refractivity contribution in [3.63, 3.8) is 0 Å². The van der Waals surface area contributed by atoms with Gasteiger partial charge in [0.15, 0.2) is 0 Å². The number of carboxylic acids is 1. The molecule has 3 heteroatoms. The summed E-state index contributed by atoms with van der Waals surface area (Å²) < 4.78 is 0. The Morgan fingerprint density at radius 1 is 1.20 bits per heavy atom. The molecular formula is C17H25NO2. The van der Waals surface area contributed by atoms with Crippen molar-refractivity contribution >= 4 is 5.97 Å². The quantitative estimate of drug-likeness (QED) is 0.803. The predicted octanol–water partition coefficient (Wildman–Crippen LogP) is 3.83. The summed E-state index contributed by atoms with van der Waals surface area (Å²) in [6.07, 6.45) is 8.19. The molecule has 0 aliphatic heterocycles. The Morgan fingerprint density at radius 2 is 1.80 bits per heavy atom. The van der Waals surface area contributed by atoms with Crippen LogP contribution in [0.1, 0.15) is 61.4 Å². The van der Waals surface area contributed by atoms with Crippen LogP contribution in [0.25, 0.3) is 0 Å². The van der Waals surface area contributed by atoms with Gasteiger partial charge in [0, 0.05) is 12.6 Å². The highest BCUT2D eigenvalue weighted by Crippen LogP contribution is 2.25. The first-order valence-electron chi connectivity index (χ1n) is 7.72. The zero-order chi connectivity index (χ0) is 14.4. The molecule has 1 atom stereocenters. The zero-order valence-electron chi connectivity index (χ0n) is 12.3. The Hall–Kier alpha value is -1.35. The topological polar surface area (TPSA) is 49.3 Å². The van der Waals surface area contributed by atoms with Gasteiger partial charge in [-0.15, -0.1) is 0 Å². The average molecular weight is 275 g/mol. The van der Waals surface area contributed by atoms with Gasteiger partial charge in [-0.05, 0) is 43.4 Å². The molecule has 0 unspecified atom stereocenters. The largest absolute Gasteiger partial charge is 0.478 e. The van der Waals surface area contributed by atoms with Crippen LogP contribution < -0.4 is 5.32 Å². The molecule has 0 saturated heterocycles. The summed E-state index contributed by atoms with van der Waals surface area (Å²) in [6, 6.07) is 7.69. The van der Waals surface area contributed by atoms with Gasteiger partial charge in [-0.1, -0.05) is 37.8 Å². The highest BCUT2D eigenvalue weighted by atomic mass is 16.4. The van der Waals surface area contributed by atoms with Gasteiger partial charge >= 0.3 is 5.97 Å². The second-order valence-corrected chi connectivity index (χ2v) is 5.92. The molecule has 2 rings (SSSR count). The lowest BCUT2D eigenvalue weighted by atomic mass is 9.93. The second kappa shape index (κ2) is 7.44. The van der Waals surface area contributed by atoms with Crippen LogP contribution in [0.5, 0.6) is 0 Å². The molecule has 0 radical (unpaired) electrons. The fourth-order valence-electron chi connectivity index (χ4n) is 3.02. The summed E-state index contributed by atoms with van der Waals surface area (Å²) in [5, 5.41) is 12.5. The van der Waals surface area contributed by atoms with Crippen molar-refractivity contribution in [3.05, 3.63) is 35.4 Å². The first-order valence-corrected chi connectivity index (χ1v) is 7.72. The third-order valence-electron chi connectivity index (χ3n) is 4.44. The minimum atomic E-state index is -0.865. The van der Waals surface area contributed by atoms with E-state index in [0.717, 1.165) is 18.0 Å². The molecule has 1 fully saturated rings. The maximum absolute atomic E-state index is 10.8. The highest BCUT2D eigenvalue weighted by molar-refractivity contribution is 5.87. The van der Waals surface area contributed by atoms with E-state index in [1.54, 1.807) is 12.1 Å². The molecular weight excluding hydrogens is 250 g/mol. The van der Waals surface area contributed by atoms with Gasteiger partial charge in [-0.3, -0.25) is 0 Å². The SMILES string of the molecule is C[C@@H](NCc1ccc(C(=O)O)cc1)C1CCCCCC1. The summed E-state index contributed by atoms with van der Waals surface area (Å²) >= 11 is 0. The van der Waals surface area contributed by atoms with E-state index in [9.17, 15) is 4.79 Å². The first kappa shape index (κ1) is 15.0. The number of nitrogens with one attached hydrogen (secondary N) is 1. The number of aromatic carboxylic acids is 1. The Bertz CT molecular complexity index is 419. The van der Waals surface area contributed by atoms with Gasteiger partial charge < -0.3 is 10.4 Å². The van der Waals surface area contributed by atoms with E-state index in [0.29, 0.717) is 11.6 Å². The summed E-state index contributed by atoms with van der Waals surface area (Å²) in [7, 11) is 0. The summed E-state index contributed by atoms with van der Waals surface area (Å²) in [4.78, 5) is 10.8. The number of hydrogen-bond acceptors (Lipinski definition) is 2. The van der Waals surface area contributed by atoms with E-state index in [4.69, 9.17) is 5.11 Å². The minimum Gasteiger partial charge on any atom is -0.478 e. The smallest absolute Gasteiger partial charge is 0.335 e. The van der Waals surface area contributed by atoms with E-state index in [1.165, 1.54) is 38.5 Å². The van der Waals surface area contributed by atoms with E-state index >= 15 is 0 Å². The van der Waals surface area contributed by atoms with Gasteiger partial charge in [-0.25, -0.2) is 4.79 Å². The maximum Gasteiger partial charge on any atom is 0.335 e. The summed E-state index contributed by atoms with van der Waals surface area (Å²) in [5.41, 5.74) is 1.50. The monoisotopic (exact) mass is 275 g/mol. The van der Waals surface area contributed by atoms with E-state index in [1.807, 2.05) is 12.1 Å². The number of benzene rings is 1. The lowest BCUT2D eigenvalue weighted by Crippen LogP contribution is -2.32. The Labute approximate surface area is 121 Å². The average Bonchev–Trinajstić information content (AvgIpc) is 2.74. The lowest BCUT2D eigenvalue weighted by Gasteiger charge is -2.23. The van der Waals surface area contributed by atoms with Crippen molar-refractivity contribution in [1.82, 2.24) is 5.32 Å². The van der Waals surface area contributed by atoms with Gasteiger partial charge in [0.05, 0.1) is 5.56 Å². The van der Waals surface area contributed by atoms with Crippen LogP contribution in [0.3, 0.4) is 0 Å². The maximum atomic E-state index is 10.8. The molecule has 0 aromatic heterocycles. The molecule has 1 aromatic carbocycles. The van der Waals surface area contributed by atoms with Crippen molar-refractivity contribution < 1.29 is 9.90 Å². The molecule has 2 N–H and O–H groups in total. The summed E-state index contributed by atoms with van der Waals surface area (Å²) in [5.74, 6) is -0.0767. The first-order chi connectivity index (χ1) is 9.66. The normalized spacial score (nSPS) is 18.4. The molecule has 0 heterocycles. The van der Waals surface area contributed by atoms with Gasteiger partial charge in [0.25, 0.3) is 0 Å². The van der Waals surface area contributed by atoms with Crippen molar-refractivity contribution in [3.8, 4) is 0 Å². The number of rotatable bonds is 5. The predicted molar refractivity (Wildman–Crippen MR) is 80.9 cm³/mol. The molecule has 1 aliphatic rings. The summed E-state index contributed by atoms with van der Waals surface area (Å²) in [6.45, 7) is 3.10. The Kier molecular flexibility index (Phi) is 5.60. The molecule has 110 valence electrons. The molecule has 1 saturated carbocycles. The molecule has 3 nitrogen and oxygen atoms in total. The number of carboxylic acid groups (broad SMARTS) is 1. The van der Waals surface area contributed by atoms with E-state index < -0.39 is 5.97 Å². The number of hydrogen-bond donors (Lipinski definition) is 2. The van der Waals surface area contributed by atoms with Crippen LogP contribution >= 0.6 is 0 Å². The van der Waals surface area contributed by atoms with Gasteiger partial charge in [0.1, 0.15) is 0 Å². The Balaban J connectivity index is 1.82. The van der Waals surface area contributed by atoms with E-state index in [2.05, 4.69) is 12.2 Å². The Morgan fingerprint density at radius 3 is 2.35 bits per heavy atom. The van der Waals surface area contributed by atoms with Crippen LogP contribution in [0.2, 0.25) is 0 Å². The van der Waals surface area contributed by atoms with Gasteiger partial charge in [0.2, 0.25) is 0 Å². The molecule has 1 aliphatic carbocycles.